The second-order valence-electron chi connectivity index (χ2n) is 4.98. The van der Waals surface area contributed by atoms with Crippen molar-refractivity contribution in [3.8, 4) is 0 Å². The zero-order valence-corrected chi connectivity index (χ0v) is 11.5. The van der Waals surface area contributed by atoms with Crippen LogP contribution >= 0.6 is 11.6 Å². The first-order valence-electron chi connectivity index (χ1n) is 6.71. The summed E-state index contributed by atoms with van der Waals surface area (Å²) < 4.78 is 0. The summed E-state index contributed by atoms with van der Waals surface area (Å²) >= 11 is 5.76. The molecule has 1 heterocycles. The van der Waals surface area contributed by atoms with Gasteiger partial charge in [0, 0.05) is 12.6 Å². The third kappa shape index (κ3) is 4.06. The molecule has 19 heavy (non-hydrogen) atoms. The summed E-state index contributed by atoms with van der Waals surface area (Å²) in [7, 11) is 0. The summed E-state index contributed by atoms with van der Waals surface area (Å²) in [4.78, 5) is 14.4. The molecule has 0 aliphatic heterocycles. The van der Waals surface area contributed by atoms with Crippen molar-refractivity contribution in [2.75, 3.05) is 11.9 Å². The van der Waals surface area contributed by atoms with Gasteiger partial charge in [-0.2, -0.15) is 0 Å². The van der Waals surface area contributed by atoms with Crippen LogP contribution in [-0.2, 0) is 0 Å². The van der Waals surface area contributed by atoms with Crippen LogP contribution in [0.25, 0.3) is 0 Å². The van der Waals surface area contributed by atoms with Gasteiger partial charge >= 0.3 is 5.69 Å². The van der Waals surface area contributed by atoms with Gasteiger partial charge < -0.3 is 5.32 Å². The Morgan fingerprint density at radius 2 is 2.16 bits per heavy atom. The number of halogens is 1. The maximum Gasteiger partial charge on any atom is 0.311 e. The maximum absolute atomic E-state index is 10.9. The summed E-state index contributed by atoms with van der Waals surface area (Å²) in [5, 5.41) is 14.1. The molecule has 0 aromatic carbocycles. The molecule has 1 aromatic heterocycles. The van der Waals surface area contributed by atoms with Crippen molar-refractivity contribution in [2.24, 2.45) is 5.92 Å². The lowest BCUT2D eigenvalue weighted by Gasteiger charge is -2.09. The van der Waals surface area contributed by atoms with Crippen LogP contribution in [0.3, 0.4) is 0 Å². The van der Waals surface area contributed by atoms with Crippen molar-refractivity contribution in [3.05, 3.63) is 27.4 Å². The van der Waals surface area contributed by atoms with Gasteiger partial charge in [-0.1, -0.05) is 37.3 Å². The minimum atomic E-state index is -0.442. The Labute approximate surface area is 117 Å². The van der Waals surface area contributed by atoms with Crippen molar-refractivity contribution >= 4 is 23.1 Å². The minimum Gasteiger partial charge on any atom is -0.364 e. The molecule has 6 heteroatoms. The van der Waals surface area contributed by atoms with E-state index >= 15 is 0 Å². The summed E-state index contributed by atoms with van der Waals surface area (Å²) in [5.74, 6) is 1.10. The molecule has 1 aromatic rings. The molecule has 0 spiro atoms. The van der Waals surface area contributed by atoms with Gasteiger partial charge in [0.1, 0.15) is 5.15 Å². The largest absolute Gasteiger partial charge is 0.364 e. The third-order valence-electron chi connectivity index (χ3n) is 3.59. The molecule has 1 N–H and O–H groups in total. The fraction of sp³-hybridized carbons (Fsp3) is 0.615. The Balaban J connectivity index is 1.84. The van der Waals surface area contributed by atoms with E-state index in [1.807, 2.05) is 0 Å². The lowest BCUT2D eigenvalue weighted by Crippen LogP contribution is -2.07. The second-order valence-corrected chi connectivity index (χ2v) is 5.37. The summed E-state index contributed by atoms with van der Waals surface area (Å²) in [5.41, 5.74) is -0.0229. The average Bonchev–Trinajstić information content (AvgIpc) is 2.87. The molecule has 1 aliphatic carbocycles. The van der Waals surface area contributed by atoms with Crippen molar-refractivity contribution in [2.45, 2.75) is 38.5 Å². The zero-order valence-electron chi connectivity index (χ0n) is 10.8. The third-order valence-corrected chi connectivity index (χ3v) is 3.80. The van der Waals surface area contributed by atoms with Crippen LogP contribution in [0.15, 0.2) is 12.1 Å². The van der Waals surface area contributed by atoms with Gasteiger partial charge in [0.25, 0.3) is 0 Å². The lowest BCUT2D eigenvalue weighted by molar-refractivity contribution is -0.384. The monoisotopic (exact) mass is 283 g/mol. The number of nitrogens with one attached hydrogen (secondary N) is 1. The Morgan fingerprint density at radius 3 is 2.84 bits per heavy atom. The Hall–Kier alpha value is -1.36. The highest BCUT2D eigenvalue weighted by Gasteiger charge is 2.16. The van der Waals surface area contributed by atoms with E-state index in [-0.39, 0.29) is 16.7 Å². The number of hydrogen-bond donors (Lipinski definition) is 1. The van der Waals surface area contributed by atoms with Crippen LogP contribution in [0.2, 0.25) is 5.15 Å². The quantitative estimate of drug-likeness (QED) is 0.370. The van der Waals surface area contributed by atoms with Gasteiger partial charge in [0.05, 0.1) is 4.92 Å². The molecule has 0 saturated heterocycles. The molecule has 104 valence electrons. The first-order valence-corrected chi connectivity index (χ1v) is 7.09. The normalized spacial score (nSPS) is 15.6. The number of hydrogen-bond acceptors (Lipinski definition) is 4. The van der Waals surface area contributed by atoms with E-state index < -0.39 is 4.92 Å². The van der Waals surface area contributed by atoms with E-state index in [9.17, 15) is 10.1 Å². The van der Waals surface area contributed by atoms with Crippen LogP contribution in [-0.4, -0.2) is 16.5 Å². The van der Waals surface area contributed by atoms with Crippen LogP contribution in [0.5, 0.6) is 0 Å². The van der Waals surface area contributed by atoms with E-state index in [0.29, 0.717) is 6.54 Å². The van der Waals surface area contributed by atoms with Gasteiger partial charge in [0.15, 0.2) is 0 Å². The number of pyridine rings is 1. The topological polar surface area (TPSA) is 68.1 Å². The van der Waals surface area contributed by atoms with E-state index in [1.165, 1.54) is 44.2 Å². The highest BCUT2D eigenvalue weighted by molar-refractivity contribution is 6.29. The number of nitrogens with zero attached hydrogens (tertiary/aromatic N) is 2. The minimum absolute atomic E-state index is 0.0229. The number of rotatable bonds is 6. The van der Waals surface area contributed by atoms with Gasteiger partial charge in [0.2, 0.25) is 5.82 Å². The average molecular weight is 284 g/mol. The van der Waals surface area contributed by atoms with Gasteiger partial charge in [-0.3, -0.25) is 10.1 Å². The molecule has 1 aliphatic rings. The zero-order chi connectivity index (χ0) is 13.7. The molecule has 0 unspecified atom stereocenters. The van der Waals surface area contributed by atoms with Crippen molar-refractivity contribution in [1.29, 1.82) is 0 Å². The summed E-state index contributed by atoms with van der Waals surface area (Å²) in [6.45, 7) is 0.699. The molecular weight excluding hydrogens is 266 g/mol. The molecule has 0 radical (unpaired) electrons. The fourth-order valence-electron chi connectivity index (χ4n) is 2.60. The molecule has 2 rings (SSSR count). The SMILES string of the molecule is O=[N+]([O-])c1ccc(Cl)nc1NCCCC1CCCC1. The standard InChI is InChI=1S/C13H18ClN3O2/c14-12-8-7-11(17(18)19)13(16-12)15-9-3-6-10-4-1-2-5-10/h7-8,10H,1-6,9H2,(H,15,16). The first-order chi connectivity index (χ1) is 9.16. The molecule has 5 nitrogen and oxygen atoms in total. The molecule has 1 saturated carbocycles. The number of nitro groups is 1. The number of aromatic nitrogens is 1. The smallest absolute Gasteiger partial charge is 0.311 e. The Bertz CT molecular complexity index is 448. The summed E-state index contributed by atoms with van der Waals surface area (Å²) in [6, 6.07) is 2.82. The van der Waals surface area contributed by atoms with Gasteiger partial charge in [-0.15, -0.1) is 0 Å². The van der Waals surface area contributed by atoms with Crippen LogP contribution in [0, 0.1) is 16.0 Å². The molecule has 0 bridgehead atoms. The second kappa shape index (κ2) is 6.70. The maximum atomic E-state index is 10.9. The van der Waals surface area contributed by atoms with E-state index in [2.05, 4.69) is 10.3 Å². The van der Waals surface area contributed by atoms with Crippen molar-refractivity contribution in [1.82, 2.24) is 4.98 Å². The Morgan fingerprint density at radius 1 is 1.42 bits per heavy atom. The van der Waals surface area contributed by atoms with E-state index in [1.54, 1.807) is 0 Å². The Kier molecular flexibility index (Phi) is 4.96. The van der Waals surface area contributed by atoms with Crippen LogP contribution < -0.4 is 5.32 Å². The molecular formula is C13H18ClN3O2. The highest BCUT2D eigenvalue weighted by Crippen LogP contribution is 2.29. The van der Waals surface area contributed by atoms with Crippen LogP contribution in [0.1, 0.15) is 38.5 Å². The fourth-order valence-corrected chi connectivity index (χ4v) is 2.75. The number of anilines is 1. The molecule has 1 fully saturated rings. The van der Waals surface area contributed by atoms with Gasteiger partial charge in [-0.05, 0) is 24.8 Å². The lowest BCUT2D eigenvalue weighted by atomic mass is 10.0. The van der Waals surface area contributed by atoms with Crippen molar-refractivity contribution in [3.63, 3.8) is 0 Å². The highest BCUT2D eigenvalue weighted by atomic mass is 35.5. The summed E-state index contributed by atoms with van der Waals surface area (Å²) in [6.07, 6.45) is 7.54. The molecule has 0 atom stereocenters. The van der Waals surface area contributed by atoms with E-state index in [0.717, 1.165) is 12.3 Å². The molecule has 0 amide bonds. The predicted molar refractivity (Wildman–Crippen MR) is 75.6 cm³/mol. The van der Waals surface area contributed by atoms with E-state index in [4.69, 9.17) is 11.6 Å². The predicted octanol–water partition coefficient (Wildman–Crippen LogP) is 4.03. The first kappa shape index (κ1) is 14.1. The van der Waals surface area contributed by atoms with Gasteiger partial charge in [-0.25, -0.2) is 4.98 Å². The van der Waals surface area contributed by atoms with Crippen molar-refractivity contribution < 1.29 is 4.92 Å². The van der Waals surface area contributed by atoms with Crippen LogP contribution in [0.4, 0.5) is 11.5 Å².